The molecule has 1 aromatic heterocycles. The summed E-state index contributed by atoms with van der Waals surface area (Å²) in [5.41, 5.74) is 7.31. The van der Waals surface area contributed by atoms with Gasteiger partial charge in [0.1, 0.15) is 0 Å². The van der Waals surface area contributed by atoms with Gasteiger partial charge in [-0.15, -0.1) is 6.58 Å². The molecule has 0 atom stereocenters. The molecule has 4 aromatic rings. The Bertz CT molecular complexity index is 1400. The number of benzene rings is 3. The molecular formula is C30H29N3O3. The largest absolute Gasteiger partial charge is 0.490 e. The third-order valence-corrected chi connectivity index (χ3v) is 5.52. The number of allylic oxidation sites excluding steroid dienone is 1. The summed E-state index contributed by atoms with van der Waals surface area (Å²) in [5, 5.41) is 5.00. The molecule has 1 N–H and O–H groups in total. The molecule has 0 aliphatic heterocycles. The molecule has 0 spiro atoms. The number of carbonyl (C=O) groups is 1. The third-order valence-electron chi connectivity index (χ3n) is 5.52. The second-order valence-corrected chi connectivity index (χ2v) is 8.00. The first kappa shape index (κ1) is 24.7. The summed E-state index contributed by atoms with van der Waals surface area (Å²) < 4.78 is 11.6. The molecule has 0 fully saturated rings. The van der Waals surface area contributed by atoms with Crippen molar-refractivity contribution in [3.8, 4) is 22.8 Å². The molecule has 0 unspecified atom stereocenters. The number of hydrogen-bond acceptors (Lipinski definition) is 5. The molecule has 3 aromatic carbocycles. The van der Waals surface area contributed by atoms with E-state index in [1.54, 1.807) is 12.3 Å². The van der Waals surface area contributed by atoms with E-state index in [0.717, 1.165) is 33.3 Å². The van der Waals surface area contributed by atoms with Crippen LogP contribution in [0.15, 0.2) is 90.6 Å². The van der Waals surface area contributed by atoms with E-state index in [0.29, 0.717) is 36.7 Å². The summed E-state index contributed by atoms with van der Waals surface area (Å²) in [6.45, 7) is 8.73. The molecule has 0 aliphatic rings. The molecule has 0 aliphatic carbocycles. The number of pyridine rings is 1. The summed E-state index contributed by atoms with van der Waals surface area (Å²) in [6.07, 6.45) is 4.04. The van der Waals surface area contributed by atoms with Crippen molar-refractivity contribution < 1.29 is 14.3 Å². The van der Waals surface area contributed by atoms with E-state index >= 15 is 0 Å². The number of nitrogens with zero attached hydrogens (tertiary/aromatic N) is 2. The molecule has 6 nitrogen and oxygen atoms in total. The first-order valence-electron chi connectivity index (χ1n) is 12.0. The summed E-state index contributed by atoms with van der Waals surface area (Å²) in [4.78, 5) is 17.9. The fraction of sp³-hybridized carbons (Fsp3) is 0.167. The van der Waals surface area contributed by atoms with Crippen LogP contribution in [0.1, 0.15) is 35.3 Å². The zero-order chi connectivity index (χ0) is 25.3. The van der Waals surface area contributed by atoms with E-state index in [-0.39, 0.29) is 5.91 Å². The van der Waals surface area contributed by atoms with Gasteiger partial charge in [-0.25, -0.2) is 10.4 Å². The summed E-state index contributed by atoms with van der Waals surface area (Å²) >= 11 is 0. The van der Waals surface area contributed by atoms with Crippen LogP contribution in [0.2, 0.25) is 0 Å². The fourth-order valence-electron chi connectivity index (χ4n) is 3.98. The third kappa shape index (κ3) is 5.61. The maximum Gasteiger partial charge on any atom is 0.272 e. The monoisotopic (exact) mass is 479 g/mol. The number of nitrogens with one attached hydrogen (secondary N) is 1. The fourth-order valence-corrected chi connectivity index (χ4v) is 3.98. The maximum absolute atomic E-state index is 13.2. The van der Waals surface area contributed by atoms with Crippen molar-refractivity contribution in [3.63, 3.8) is 0 Å². The predicted octanol–water partition coefficient (Wildman–Crippen LogP) is 6.19. The average Bonchev–Trinajstić information content (AvgIpc) is 2.90. The molecule has 182 valence electrons. The molecule has 0 saturated heterocycles. The summed E-state index contributed by atoms with van der Waals surface area (Å²) in [7, 11) is 0. The minimum absolute atomic E-state index is 0.315. The van der Waals surface area contributed by atoms with E-state index in [9.17, 15) is 4.79 Å². The second kappa shape index (κ2) is 11.8. The second-order valence-electron chi connectivity index (χ2n) is 8.00. The highest BCUT2D eigenvalue weighted by molar-refractivity contribution is 6.07. The SMILES string of the molecule is C=CCc1cc(/C=N/NC(=O)c2cc(-c3ccccc3)nc3ccccc23)cc(OCC)c1OCC. The van der Waals surface area contributed by atoms with Gasteiger partial charge in [-0.2, -0.15) is 5.10 Å². The van der Waals surface area contributed by atoms with Crippen molar-refractivity contribution in [1.29, 1.82) is 0 Å². The summed E-state index contributed by atoms with van der Waals surface area (Å²) in [5.74, 6) is 1.03. The van der Waals surface area contributed by atoms with Crippen LogP contribution in [0.25, 0.3) is 22.2 Å². The Labute approximate surface area is 211 Å². The van der Waals surface area contributed by atoms with Crippen LogP contribution in [-0.2, 0) is 6.42 Å². The topological polar surface area (TPSA) is 72.8 Å². The summed E-state index contributed by atoms with van der Waals surface area (Å²) in [6, 6.07) is 23.0. The molecular weight excluding hydrogens is 450 g/mol. The van der Waals surface area contributed by atoms with Gasteiger partial charge in [0.2, 0.25) is 0 Å². The van der Waals surface area contributed by atoms with Gasteiger partial charge in [-0.05, 0) is 50.1 Å². The number of hydrazone groups is 1. The Morgan fingerprint density at radius 3 is 2.50 bits per heavy atom. The van der Waals surface area contributed by atoms with Gasteiger partial charge >= 0.3 is 0 Å². The van der Waals surface area contributed by atoms with Gasteiger partial charge < -0.3 is 9.47 Å². The van der Waals surface area contributed by atoms with Crippen LogP contribution in [0.3, 0.4) is 0 Å². The minimum atomic E-state index is -0.315. The number of aromatic nitrogens is 1. The maximum atomic E-state index is 13.2. The standard InChI is InChI=1S/C30H29N3O3/c1-4-12-23-17-21(18-28(35-5-2)29(23)36-6-3)20-31-33-30(34)25-19-27(22-13-8-7-9-14-22)32-26-16-11-10-15-24(25)26/h4,7-11,13-20H,1,5-6,12H2,2-3H3,(H,33,34)/b31-20+. The molecule has 0 radical (unpaired) electrons. The number of carbonyl (C=O) groups excluding carboxylic acids is 1. The Kier molecular flexibility index (Phi) is 8.08. The van der Waals surface area contributed by atoms with Crippen molar-refractivity contribution in [2.75, 3.05) is 13.2 Å². The number of hydrogen-bond donors (Lipinski definition) is 1. The van der Waals surface area contributed by atoms with Gasteiger partial charge in [0, 0.05) is 16.5 Å². The van der Waals surface area contributed by atoms with Crippen molar-refractivity contribution in [2.45, 2.75) is 20.3 Å². The van der Waals surface area contributed by atoms with E-state index in [1.807, 2.05) is 86.7 Å². The van der Waals surface area contributed by atoms with Gasteiger partial charge in [-0.1, -0.05) is 54.6 Å². The zero-order valence-electron chi connectivity index (χ0n) is 20.5. The molecule has 1 heterocycles. The molecule has 0 bridgehead atoms. The Hall–Kier alpha value is -4.45. The lowest BCUT2D eigenvalue weighted by Gasteiger charge is -2.15. The van der Waals surface area contributed by atoms with Crippen molar-refractivity contribution in [1.82, 2.24) is 10.4 Å². The smallest absolute Gasteiger partial charge is 0.272 e. The van der Waals surface area contributed by atoms with Crippen molar-refractivity contribution in [2.24, 2.45) is 5.10 Å². The Balaban J connectivity index is 1.64. The van der Waals surface area contributed by atoms with Crippen LogP contribution in [-0.4, -0.2) is 30.3 Å². The molecule has 36 heavy (non-hydrogen) atoms. The Morgan fingerprint density at radius 1 is 1.00 bits per heavy atom. The lowest BCUT2D eigenvalue weighted by atomic mass is 10.0. The van der Waals surface area contributed by atoms with Crippen LogP contribution >= 0.6 is 0 Å². The molecule has 1 amide bonds. The number of para-hydroxylation sites is 1. The van der Waals surface area contributed by atoms with Gasteiger partial charge in [-0.3, -0.25) is 4.79 Å². The van der Waals surface area contributed by atoms with Gasteiger partial charge in [0.25, 0.3) is 5.91 Å². The predicted molar refractivity (Wildman–Crippen MR) is 145 cm³/mol. The highest BCUT2D eigenvalue weighted by Crippen LogP contribution is 2.33. The number of ether oxygens (including phenoxy) is 2. The van der Waals surface area contributed by atoms with Crippen LogP contribution in [0.4, 0.5) is 0 Å². The highest BCUT2D eigenvalue weighted by Gasteiger charge is 2.15. The molecule has 0 saturated carbocycles. The first-order chi connectivity index (χ1) is 17.6. The lowest BCUT2D eigenvalue weighted by molar-refractivity contribution is 0.0956. The number of fused-ring (bicyclic) bond motifs is 1. The zero-order valence-corrected chi connectivity index (χ0v) is 20.5. The van der Waals surface area contributed by atoms with Crippen LogP contribution in [0.5, 0.6) is 11.5 Å². The molecule has 4 rings (SSSR count). The minimum Gasteiger partial charge on any atom is -0.490 e. The quantitative estimate of drug-likeness (QED) is 0.167. The first-order valence-corrected chi connectivity index (χ1v) is 12.0. The van der Waals surface area contributed by atoms with E-state index in [4.69, 9.17) is 14.5 Å². The normalized spacial score (nSPS) is 10.9. The number of rotatable bonds is 10. The van der Waals surface area contributed by atoms with E-state index < -0.39 is 0 Å². The van der Waals surface area contributed by atoms with Gasteiger partial charge in [0.15, 0.2) is 11.5 Å². The van der Waals surface area contributed by atoms with Crippen LogP contribution < -0.4 is 14.9 Å². The Morgan fingerprint density at radius 2 is 1.75 bits per heavy atom. The lowest BCUT2D eigenvalue weighted by Crippen LogP contribution is -2.18. The molecule has 6 heteroatoms. The number of amides is 1. The van der Waals surface area contributed by atoms with E-state index in [2.05, 4.69) is 17.1 Å². The van der Waals surface area contributed by atoms with Crippen molar-refractivity contribution >= 4 is 23.0 Å². The van der Waals surface area contributed by atoms with Crippen LogP contribution in [0, 0.1) is 0 Å². The van der Waals surface area contributed by atoms with Gasteiger partial charge in [0.05, 0.1) is 36.2 Å². The van der Waals surface area contributed by atoms with Crippen molar-refractivity contribution in [3.05, 3.63) is 102 Å². The van der Waals surface area contributed by atoms with E-state index in [1.165, 1.54) is 0 Å². The highest BCUT2D eigenvalue weighted by atomic mass is 16.5. The average molecular weight is 480 g/mol.